The van der Waals surface area contributed by atoms with Crippen molar-refractivity contribution in [3.63, 3.8) is 0 Å². The van der Waals surface area contributed by atoms with Crippen LogP contribution < -0.4 is 5.32 Å². The molecule has 4 amide bonds. The van der Waals surface area contributed by atoms with Gasteiger partial charge in [-0.15, -0.1) is 11.3 Å². The molecule has 20 heavy (non-hydrogen) atoms. The molecule has 2 aliphatic rings. The van der Waals surface area contributed by atoms with Gasteiger partial charge in [-0.2, -0.15) is 0 Å². The number of carbonyl (C=O) groups is 3. The second-order valence-electron chi connectivity index (χ2n) is 4.61. The number of rotatable bonds is 2. The first-order valence-corrected chi connectivity index (χ1v) is 8.10. The summed E-state index contributed by atoms with van der Waals surface area (Å²) in [5, 5.41) is 5.30. The van der Waals surface area contributed by atoms with Crippen molar-refractivity contribution in [1.29, 1.82) is 0 Å². The zero-order chi connectivity index (χ0) is 14.1. The zero-order valence-electron chi connectivity index (χ0n) is 10.6. The molecule has 1 unspecified atom stereocenters. The number of anilines is 1. The minimum atomic E-state index is -0.194. The highest BCUT2D eigenvalue weighted by Crippen LogP contribution is 2.26. The Balaban J connectivity index is 1.60. The molecule has 6 nitrogen and oxygen atoms in total. The molecule has 0 bridgehead atoms. The smallest absolute Gasteiger partial charge is 0.322 e. The van der Waals surface area contributed by atoms with Crippen molar-refractivity contribution in [2.24, 2.45) is 0 Å². The van der Waals surface area contributed by atoms with E-state index in [-0.39, 0.29) is 29.0 Å². The fraction of sp³-hybridized carbons (Fsp3) is 0.417. The Morgan fingerprint density at radius 3 is 2.90 bits per heavy atom. The summed E-state index contributed by atoms with van der Waals surface area (Å²) in [4.78, 5) is 38.3. The minimum absolute atomic E-state index is 0.148. The molecule has 2 saturated heterocycles. The lowest BCUT2D eigenvalue weighted by Crippen LogP contribution is -2.42. The molecule has 3 heterocycles. The topological polar surface area (TPSA) is 69.7 Å². The van der Waals surface area contributed by atoms with Gasteiger partial charge in [-0.1, -0.05) is 11.8 Å². The van der Waals surface area contributed by atoms with Crippen LogP contribution in [-0.4, -0.2) is 51.9 Å². The molecule has 1 atom stereocenters. The predicted molar refractivity (Wildman–Crippen MR) is 78.0 cm³/mol. The normalized spacial score (nSPS) is 22.7. The first-order chi connectivity index (χ1) is 9.65. The van der Waals surface area contributed by atoms with E-state index in [1.807, 2.05) is 17.5 Å². The lowest BCUT2D eigenvalue weighted by atomic mass is 10.2. The summed E-state index contributed by atoms with van der Waals surface area (Å²) in [7, 11) is 0. The van der Waals surface area contributed by atoms with Crippen molar-refractivity contribution < 1.29 is 14.4 Å². The van der Waals surface area contributed by atoms with Crippen LogP contribution >= 0.6 is 23.1 Å². The number of nitrogens with one attached hydrogen (secondary N) is 1. The van der Waals surface area contributed by atoms with Gasteiger partial charge in [-0.05, 0) is 23.9 Å². The third-order valence-corrected chi connectivity index (χ3v) is 4.97. The van der Waals surface area contributed by atoms with E-state index >= 15 is 0 Å². The van der Waals surface area contributed by atoms with E-state index in [9.17, 15) is 14.4 Å². The third kappa shape index (κ3) is 2.53. The van der Waals surface area contributed by atoms with Gasteiger partial charge in [-0.25, -0.2) is 4.79 Å². The molecule has 1 N–H and O–H groups in total. The Kier molecular flexibility index (Phi) is 3.66. The number of thioether (sulfide) groups is 1. The van der Waals surface area contributed by atoms with Crippen LogP contribution in [0, 0.1) is 0 Å². The van der Waals surface area contributed by atoms with Crippen LogP contribution in [0.15, 0.2) is 17.5 Å². The molecule has 3 rings (SSSR count). The van der Waals surface area contributed by atoms with E-state index in [4.69, 9.17) is 0 Å². The third-order valence-electron chi connectivity index (χ3n) is 3.35. The van der Waals surface area contributed by atoms with Crippen molar-refractivity contribution in [1.82, 2.24) is 9.80 Å². The van der Waals surface area contributed by atoms with Crippen LogP contribution in [0.2, 0.25) is 0 Å². The summed E-state index contributed by atoms with van der Waals surface area (Å²) >= 11 is 2.49. The predicted octanol–water partition coefficient (Wildman–Crippen LogP) is 2.05. The molecule has 2 aliphatic heterocycles. The molecule has 0 saturated carbocycles. The first-order valence-electron chi connectivity index (χ1n) is 6.23. The summed E-state index contributed by atoms with van der Waals surface area (Å²) in [6.07, 6.45) is 0.649. The average Bonchev–Trinajstić information content (AvgIpc) is 3.11. The molecular weight excluding hydrogens is 298 g/mol. The van der Waals surface area contributed by atoms with Crippen LogP contribution in [-0.2, 0) is 4.79 Å². The number of nitrogens with zero attached hydrogens (tertiary/aromatic N) is 2. The largest absolute Gasteiger partial charge is 0.322 e. The maximum Gasteiger partial charge on any atom is 0.322 e. The minimum Gasteiger partial charge on any atom is -0.322 e. The Morgan fingerprint density at radius 1 is 1.40 bits per heavy atom. The average molecular weight is 311 g/mol. The lowest BCUT2D eigenvalue weighted by Gasteiger charge is -2.21. The van der Waals surface area contributed by atoms with Crippen molar-refractivity contribution in [2.75, 3.05) is 24.2 Å². The highest BCUT2D eigenvalue weighted by atomic mass is 32.2. The van der Waals surface area contributed by atoms with Gasteiger partial charge in [0.25, 0.3) is 5.24 Å². The van der Waals surface area contributed by atoms with Gasteiger partial charge in [0.05, 0.1) is 16.8 Å². The van der Waals surface area contributed by atoms with Crippen molar-refractivity contribution in [2.45, 2.75) is 12.5 Å². The summed E-state index contributed by atoms with van der Waals surface area (Å²) < 4.78 is 0. The zero-order valence-corrected chi connectivity index (χ0v) is 12.2. The SMILES string of the molecule is O=C(Nc1cccs1)N1CCC(N2C(=O)CSC2=O)C1. The van der Waals surface area contributed by atoms with Crippen molar-refractivity contribution in [3.8, 4) is 0 Å². The number of hydrogen-bond acceptors (Lipinski definition) is 5. The number of amides is 4. The van der Waals surface area contributed by atoms with Crippen molar-refractivity contribution in [3.05, 3.63) is 17.5 Å². The Labute approximate surface area is 124 Å². The van der Waals surface area contributed by atoms with Crippen LogP contribution in [0.5, 0.6) is 0 Å². The molecule has 8 heteroatoms. The number of carbonyl (C=O) groups excluding carboxylic acids is 3. The number of urea groups is 1. The Hall–Kier alpha value is -1.54. The summed E-state index contributed by atoms with van der Waals surface area (Å²) in [5.74, 6) is 0.0713. The molecule has 2 fully saturated rings. The first kappa shape index (κ1) is 13.4. The number of likely N-dealkylation sites (tertiary alicyclic amines) is 1. The monoisotopic (exact) mass is 311 g/mol. The quantitative estimate of drug-likeness (QED) is 0.907. The molecular formula is C12H13N3O3S2. The van der Waals surface area contributed by atoms with Crippen LogP contribution in [0.25, 0.3) is 0 Å². The van der Waals surface area contributed by atoms with Crippen LogP contribution in [0.3, 0.4) is 0 Å². The van der Waals surface area contributed by atoms with Gasteiger partial charge >= 0.3 is 6.03 Å². The molecule has 0 radical (unpaired) electrons. The fourth-order valence-corrected chi connectivity index (χ4v) is 3.77. The molecule has 0 aliphatic carbocycles. The maximum atomic E-state index is 12.1. The summed E-state index contributed by atoms with van der Waals surface area (Å²) in [5.41, 5.74) is 0. The van der Waals surface area contributed by atoms with Gasteiger partial charge in [0.2, 0.25) is 5.91 Å². The van der Waals surface area contributed by atoms with Gasteiger partial charge in [0.15, 0.2) is 0 Å². The van der Waals surface area contributed by atoms with E-state index in [0.717, 1.165) is 16.8 Å². The van der Waals surface area contributed by atoms with Gasteiger partial charge in [-0.3, -0.25) is 19.8 Å². The number of hydrogen-bond donors (Lipinski definition) is 1. The summed E-state index contributed by atoms with van der Waals surface area (Å²) in [6.45, 7) is 0.971. The second kappa shape index (κ2) is 5.45. The Bertz CT molecular complexity index is 530. The van der Waals surface area contributed by atoms with Crippen LogP contribution in [0.1, 0.15) is 6.42 Å². The lowest BCUT2D eigenvalue weighted by molar-refractivity contribution is -0.126. The Morgan fingerprint density at radius 2 is 2.25 bits per heavy atom. The van der Waals surface area contributed by atoms with E-state index in [1.165, 1.54) is 16.2 Å². The van der Waals surface area contributed by atoms with E-state index < -0.39 is 0 Å². The highest BCUT2D eigenvalue weighted by molar-refractivity contribution is 8.14. The van der Waals surface area contributed by atoms with E-state index in [2.05, 4.69) is 5.32 Å². The fourth-order valence-electron chi connectivity index (χ4n) is 2.39. The maximum absolute atomic E-state index is 12.1. The van der Waals surface area contributed by atoms with Crippen molar-refractivity contribution >= 4 is 45.3 Å². The van der Waals surface area contributed by atoms with Gasteiger partial charge < -0.3 is 4.90 Å². The van der Waals surface area contributed by atoms with Crippen LogP contribution in [0.4, 0.5) is 14.6 Å². The number of thiophene rings is 1. The molecule has 0 aromatic carbocycles. The second-order valence-corrected chi connectivity index (χ2v) is 6.49. The number of imide groups is 1. The van der Waals surface area contributed by atoms with E-state index in [1.54, 1.807) is 4.90 Å². The van der Waals surface area contributed by atoms with Gasteiger partial charge in [0.1, 0.15) is 0 Å². The highest BCUT2D eigenvalue weighted by Gasteiger charge is 2.40. The summed E-state index contributed by atoms with van der Waals surface area (Å²) in [6, 6.07) is 3.34. The molecule has 1 aromatic heterocycles. The standard InChI is InChI=1S/C12H13N3O3S2/c16-10-7-20-12(18)15(10)8-3-4-14(6-8)11(17)13-9-2-1-5-19-9/h1-2,5,8H,3-4,6-7H2,(H,13,17). The van der Waals surface area contributed by atoms with E-state index in [0.29, 0.717) is 19.5 Å². The van der Waals surface area contributed by atoms with Gasteiger partial charge in [0, 0.05) is 13.1 Å². The molecule has 0 spiro atoms. The molecule has 106 valence electrons. The molecule has 1 aromatic rings.